The summed E-state index contributed by atoms with van der Waals surface area (Å²) in [5.41, 5.74) is 8.25. The molecule has 0 amide bonds. The van der Waals surface area contributed by atoms with Crippen molar-refractivity contribution < 1.29 is 13.2 Å². The van der Waals surface area contributed by atoms with E-state index in [1.165, 1.54) is 17.4 Å². The highest BCUT2D eigenvalue weighted by Crippen LogP contribution is 2.26. The number of sulfone groups is 1. The van der Waals surface area contributed by atoms with Gasteiger partial charge in [-0.15, -0.1) is 0 Å². The molecule has 1 unspecified atom stereocenters. The molecule has 4 nitrogen and oxygen atoms in total. The summed E-state index contributed by atoms with van der Waals surface area (Å²) in [5, 5.41) is 0. The van der Waals surface area contributed by atoms with Gasteiger partial charge in [-0.25, -0.2) is 8.42 Å². The van der Waals surface area contributed by atoms with Crippen LogP contribution >= 0.6 is 0 Å². The maximum atomic E-state index is 11.1. The zero-order chi connectivity index (χ0) is 13.2. The van der Waals surface area contributed by atoms with Crippen LogP contribution < -0.4 is 10.5 Å². The van der Waals surface area contributed by atoms with Crippen LogP contribution in [-0.4, -0.2) is 33.1 Å². The van der Waals surface area contributed by atoms with E-state index in [-0.39, 0.29) is 11.8 Å². The Kier molecular flexibility index (Phi) is 3.92. The lowest BCUT2D eigenvalue weighted by molar-refractivity contribution is 0.357. The van der Waals surface area contributed by atoms with Crippen LogP contribution in [0.2, 0.25) is 0 Å². The second-order valence-corrected chi connectivity index (χ2v) is 7.12. The fourth-order valence-electron chi connectivity index (χ4n) is 2.22. The van der Waals surface area contributed by atoms with E-state index in [1.807, 2.05) is 12.1 Å². The SMILES string of the molecule is CS(=O)(=O)CC(N)CCc1ccc2c(c1)CCO2. The second kappa shape index (κ2) is 5.28. The molecule has 0 spiro atoms. The van der Waals surface area contributed by atoms with Gasteiger partial charge in [-0.05, 0) is 30.0 Å². The van der Waals surface area contributed by atoms with E-state index in [1.54, 1.807) is 0 Å². The van der Waals surface area contributed by atoms with E-state index in [0.29, 0.717) is 6.42 Å². The monoisotopic (exact) mass is 269 g/mol. The van der Waals surface area contributed by atoms with Gasteiger partial charge in [-0.3, -0.25) is 0 Å². The maximum Gasteiger partial charge on any atom is 0.148 e. The van der Waals surface area contributed by atoms with Crippen molar-refractivity contribution in [3.8, 4) is 5.75 Å². The molecule has 0 fully saturated rings. The first-order chi connectivity index (χ1) is 8.44. The molecule has 0 aliphatic carbocycles. The number of hydrogen-bond donors (Lipinski definition) is 1. The number of rotatable bonds is 5. The zero-order valence-corrected chi connectivity index (χ0v) is 11.4. The Balaban J connectivity index is 1.90. The summed E-state index contributed by atoms with van der Waals surface area (Å²) in [6.07, 6.45) is 3.68. The van der Waals surface area contributed by atoms with Crippen LogP contribution in [0.15, 0.2) is 18.2 Å². The molecule has 0 saturated heterocycles. The van der Waals surface area contributed by atoms with Crippen molar-refractivity contribution in [1.82, 2.24) is 0 Å². The molecule has 1 atom stereocenters. The predicted octanol–water partition coefficient (Wildman–Crippen LogP) is 0.926. The first-order valence-corrected chi connectivity index (χ1v) is 8.18. The van der Waals surface area contributed by atoms with Gasteiger partial charge < -0.3 is 10.5 Å². The second-order valence-electron chi connectivity index (χ2n) is 4.93. The number of aryl methyl sites for hydroxylation is 1. The van der Waals surface area contributed by atoms with Crippen molar-refractivity contribution >= 4 is 9.84 Å². The fraction of sp³-hybridized carbons (Fsp3) is 0.538. The summed E-state index contributed by atoms with van der Waals surface area (Å²) in [5.74, 6) is 1.03. The highest BCUT2D eigenvalue weighted by molar-refractivity contribution is 7.90. The molecule has 1 aliphatic rings. The van der Waals surface area contributed by atoms with E-state index < -0.39 is 9.84 Å². The third kappa shape index (κ3) is 3.71. The van der Waals surface area contributed by atoms with Gasteiger partial charge in [0.2, 0.25) is 0 Å². The quantitative estimate of drug-likeness (QED) is 0.863. The molecule has 2 N–H and O–H groups in total. The number of benzene rings is 1. The summed E-state index contributed by atoms with van der Waals surface area (Å²) in [6.45, 7) is 0.756. The third-order valence-electron chi connectivity index (χ3n) is 3.07. The largest absolute Gasteiger partial charge is 0.493 e. The van der Waals surface area contributed by atoms with Crippen LogP contribution in [0.25, 0.3) is 0 Å². The first kappa shape index (κ1) is 13.4. The number of hydrogen-bond acceptors (Lipinski definition) is 4. The average Bonchev–Trinajstić information content (AvgIpc) is 2.71. The van der Waals surface area contributed by atoms with Gasteiger partial charge in [0, 0.05) is 18.7 Å². The van der Waals surface area contributed by atoms with Crippen LogP contribution in [-0.2, 0) is 22.7 Å². The molecular formula is C13H19NO3S. The Morgan fingerprint density at radius 1 is 1.44 bits per heavy atom. The van der Waals surface area contributed by atoms with E-state index >= 15 is 0 Å². The standard InChI is InChI=1S/C13H19NO3S/c1-18(15,16)9-12(14)4-2-10-3-5-13-11(8-10)6-7-17-13/h3,5,8,12H,2,4,6-7,9,14H2,1H3. The van der Waals surface area contributed by atoms with Crippen molar-refractivity contribution in [2.45, 2.75) is 25.3 Å². The lowest BCUT2D eigenvalue weighted by atomic mass is 10.0. The number of ether oxygens (including phenoxy) is 1. The third-order valence-corrected chi connectivity index (χ3v) is 4.11. The van der Waals surface area contributed by atoms with Gasteiger partial charge in [-0.2, -0.15) is 0 Å². The molecule has 1 aromatic carbocycles. The summed E-state index contributed by atoms with van der Waals surface area (Å²) in [4.78, 5) is 0. The van der Waals surface area contributed by atoms with Crippen molar-refractivity contribution in [2.75, 3.05) is 18.6 Å². The smallest absolute Gasteiger partial charge is 0.148 e. The van der Waals surface area contributed by atoms with Crippen molar-refractivity contribution in [1.29, 1.82) is 0 Å². The zero-order valence-electron chi connectivity index (χ0n) is 10.6. The van der Waals surface area contributed by atoms with Gasteiger partial charge in [0.05, 0.1) is 12.4 Å². The topological polar surface area (TPSA) is 69.4 Å². The molecule has 1 aromatic rings. The van der Waals surface area contributed by atoms with E-state index in [9.17, 15) is 8.42 Å². The van der Waals surface area contributed by atoms with Gasteiger partial charge >= 0.3 is 0 Å². The highest BCUT2D eigenvalue weighted by Gasteiger charge is 2.14. The van der Waals surface area contributed by atoms with E-state index in [4.69, 9.17) is 10.5 Å². The van der Waals surface area contributed by atoms with Crippen LogP contribution in [0.5, 0.6) is 5.75 Å². The molecular weight excluding hydrogens is 250 g/mol. The summed E-state index contributed by atoms with van der Waals surface area (Å²) in [7, 11) is -2.98. The maximum absolute atomic E-state index is 11.1. The minimum atomic E-state index is -2.98. The lowest BCUT2D eigenvalue weighted by Crippen LogP contribution is -2.29. The Morgan fingerprint density at radius 2 is 2.22 bits per heavy atom. The Labute approximate surface area is 108 Å². The van der Waals surface area contributed by atoms with Crippen LogP contribution in [0.4, 0.5) is 0 Å². The van der Waals surface area contributed by atoms with Gasteiger partial charge in [0.15, 0.2) is 0 Å². The molecule has 18 heavy (non-hydrogen) atoms. The molecule has 0 saturated carbocycles. The minimum absolute atomic E-state index is 0.0566. The lowest BCUT2D eigenvalue weighted by Gasteiger charge is -2.10. The minimum Gasteiger partial charge on any atom is -0.493 e. The van der Waals surface area contributed by atoms with E-state index in [2.05, 4.69) is 6.07 Å². The Hall–Kier alpha value is -1.07. The van der Waals surface area contributed by atoms with Gasteiger partial charge in [0.25, 0.3) is 0 Å². The highest BCUT2D eigenvalue weighted by atomic mass is 32.2. The molecule has 0 bridgehead atoms. The normalized spacial score (nSPS) is 16.1. The molecule has 1 aliphatic heterocycles. The van der Waals surface area contributed by atoms with Crippen LogP contribution in [0.1, 0.15) is 17.5 Å². The molecule has 100 valence electrons. The number of nitrogens with two attached hydrogens (primary N) is 1. The van der Waals surface area contributed by atoms with Crippen molar-refractivity contribution in [3.05, 3.63) is 29.3 Å². The molecule has 2 rings (SSSR count). The first-order valence-electron chi connectivity index (χ1n) is 6.12. The predicted molar refractivity (Wildman–Crippen MR) is 71.6 cm³/mol. The van der Waals surface area contributed by atoms with Gasteiger partial charge in [-0.1, -0.05) is 12.1 Å². The molecule has 0 aromatic heterocycles. The van der Waals surface area contributed by atoms with Crippen molar-refractivity contribution in [2.24, 2.45) is 5.73 Å². The fourth-order valence-corrected chi connectivity index (χ4v) is 3.16. The van der Waals surface area contributed by atoms with Crippen LogP contribution in [0.3, 0.4) is 0 Å². The summed E-state index contributed by atoms with van der Waals surface area (Å²) < 4.78 is 27.7. The Morgan fingerprint density at radius 3 is 2.94 bits per heavy atom. The molecule has 0 radical (unpaired) electrons. The number of fused-ring (bicyclic) bond motifs is 1. The average molecular weight is 269 g/mol. The summed E-state index contributed by atoms with van der Waals surface area (Å²) in [6, 6.07) is 5.86. The van der Waals surface area contributed by atoms with E-state index in [0.717, 1.165) is 25.2 Å². The molecule has 1 heterocycles. The van der Waals surface area contributed by atoms with Crippen molar-refractivity contribution in [3.63, 3.8) is 0 Å². The molecule has 5 heteroatoms. The Bertz CT molecular complexity index is 525. The summed E-state index contributed by atoms with van der Waals surface area (Å²) >= 11 is 0. The van der Waals surface area contributed by atoms with Crippen LogP contribution in [0, 0.1) is 0 Å². The van der Waals surface area contributed by atoms with Gasteiger partial charge in [0.1, 0.15) is 15.6 Å².